The van der Waals surface area contributed by atoms with Gasteiger partial charge in [-0.2, -0.15) is 0 Å². The third-order valence-corrected chi connectivity index (χ3v) is 3.54. The molecule has 1 aliphatic rings. The average Bonchev–Trinajstić information content (AvgIpc) is 2.27. The van der Waals surface area contributed by atoms with Gasteiger partial charge in [0, 0.05) is 0 Å². The molecule has 2 atom stereocenters. The molecule has 2 heteroatoms. The number of hydrogen-bond acceptors (Lipinski definition) is 2. The summed E-state index contributed by atoms with van der Waals surface area (Å²) in [7, 11) is 1.47. The molecule has 70 valence electrons. The zero-order chi connectivity index (χ0) is 9.35. The van der Waals surface area contributed by atoms with Gasteiger partial charge in [0.1, 0.15) is 0 Å². The van der Waals surface area contributed by atoms with Crippen LogP contribution in [0.4, 0.5) is 0 Å². The number of methoxy groups -OCH3 is 1. The summed E-state index contributed by atoms with van der Waals surface area (Å²) >= 11 is 0. The third-order valence-electron chi connectivity index (χ3n) is 3.54. The van der Waals surface area contributed by atoms with Gasteiger partial charge in [0.15, 0.2) is 0 Å². The van der Waals surface area contributed by atoms with E-state index in [9.17, 15) is 4.79 Å². The van der Waals surface area contributed by atoms with Crippen molar-refractivity contribution in [3.8, 4) is 0 Å². The molecular formula is C10H18O2. The number of hydrogen-bond donors (Lipinski definition) is 0. The highest BCUT2D eigenvalue weighted by Crippen LogP contribution is 2.47. The summed E-state index contributed by atoms with van der Waals surface area (Å²) in [6.07, 6.45) is 2.13. The van der Waals surface area contributed by atoms with Crippen molar-refractivity contribution in [2.75, 3.05) is 7.11 Å². The summed E-state index contributed by atoms with van der Waals surface area (Å²) in [5, 5.41) is 0. The number of carbonyl (C=O) groups excluding carboxylic acids is 1. The fraction of sp³-hybridized carbons (Fsp3) is 0.900. The number of carbonyl (C=O) groups is 1. The SMILES string of the molecule is COC(=O)C1CCC(C)C1(C)C. The molecule has 0 spiro atoms. The Hall–Kier alpha value is -0.530. The van der Waals surface area contributed by atoms with Crippen LogP contribution in [0, 0.1) is 17.3 Å². The van der Waals surface area contributed by atoms with Crippen molar-refractivity contribution in [2.24, 2.45) is 17.3 Å². The maximum absolute atomic E-state index is 11.4. The molecule has 1 fully saturated rings. The molecule has 0 N–H and O–H groups in total. The monoisotopic (exact) mass is 170 g/mol. The average molecular weight is 170 g/mol. The van der Waals surface area contributed by atoms with Gasteiger partial charge in [0.25, 0.3) is 0 Å². The molecule has 1 saturated carbocycles. The second kappa shape index (κ2) is 3.08. The lowest BCUT2D eigenvalue weighted by molar-refractivity contribution is -0.149. The Labute approximate surface area is 74.3 Å². The van der Waals surface area contributed by atoms with Crippen molar-refractivity contribution in [3.05, 3.63) is 0 Å². The van der Waals surface area contributed by atoms with Crippen molar-refractivity contribution in [2.45, 2.75) is 33.6 Å². The van der Waals surface area contributed by atoms with Crippen LogP contribution in [-0.4, -0.2) is 13.1 Å². The summed E-state index contributed by atoms with van der Waals surface area (Å²) in [6, 6.07) is 0. The molecular weight excluding hydrogens is 152 g/mol. The van der Waals surface area contributed by atoms with Crippen LogP contribution in [0.25, 0.3) is 0 Å². The van der Waals surface area contributed by atoms with E-state index in [0.717, 1.165) is 12.8 Å². The predicted molar refractivity (Wildman–Crippen MR) is 47.7 cm³/mol. The van der Waals surface area contributed by atoms with Crippen LogP contribution in [-0.2, 0) is 9.53 Å². The summed E-state index contributed by atoms with van der Waals surface area (Å²) in [4.78, 5) is 11.4. The maximum Gasteiger partial charge on any atom is 0.309 e. The molecule has 0 amide bonds. The first-order valence-electron chi connectivity index (χ1n) is 4.58. The molecule has 0 aliphatic heterocycles. The van der Waals surface area contributed by atoms with Gasteiger partial charge in [-0.1, -0.05) is 20.8 Å². The van der Waals surface area contributed by atoms with Crippen LogP contribution >= 0.6 is 0 Å². The molecule has 1 aliphatic carbocycles. The number of ether oxygens (including phenoxy) is 1. The predicted octanol–water partition coefficient (Wildman–Crippen LogP) is 2.23. The molecule has 12 heavy (non-hydrogen) atoms. The van der Waals surface area contributed by atoms with Gasteiger partial charge < -0.3 is 4.74 Å². The van der Waals surface area contributed by atoms with Crippen LogP contribution in [0.15, 0.2) is 0 Å². The fourth-order valence-electron chi connectivity index (χ4n) is 2.07. The van der Waals surface area contributed by atoms with E-state index < -0.39 is 0 Å². The van der Waals surface area contributed by atoms with E-state index in [2.05, 4.69) is 20.8 Å². The number of rotatable bonds is 1. The molecule has 0 bridgehead atoms. The normalized spacial score (nSPS) is 33.3. The molecule has 0 aromatic rings. The molecule has 2 unspecified atom stereocenters. The minimum Gasteiger partial charge on any atom is -0.469 e. The zero-order valence-corrected chi connectivity index (χ0v) is 8.39. The van der Waals surface area contributed by atoms with E-state index in [1.165, 1.54) is 7.11 Å². The van der Waals surface area contributed by atoms with Crippen molar-refractivity contribution in [3.63, 3.8) is 0 Å². The minimum absolute atomic E-state index is 0.0376. The maximum atomic E-state index is 11.4. The van der Waals surface area contributed by atoms with Crippen molar-refractivity contribution >= 4 is 5.97 Å². The van der Waals surface area contributed by atoms with E-state index in [1.54, 1.807) is 0 Å². The lowest BCUT2D eigenvalue weighted by Crippen LogP contribution is -2.30. The Morgan fingerprint density at radius 2 is 2.00 bits per heavy atom. The van der Waals surface area contributed by atoms with Gasteiger partial charge in [-0.05, 0) is 24.2 Å². The molecule has 0 aromatic carbocycles. The van der Waals surface area contributed by atoms with E-state index in [1.807, 2.05) is 0 Å². The zero-order valence-electron chi connectivity index (χ0n) is 8.39. The Bertz CT molecular complexity index is 184. The van der Waals surface area contributed by atoms with E-state index in [-0.39, 0.29) is 17.3 Å². The second-order valence-electron chi connectivity index (χ2n) is 4.38. The topological polar surface area (TPSA) is 26.3 Å². The molecule has 2 nitrogen and oxygen atoms in total. The fourth-order valence-corrected chi connectivity index (χ4v) is 2.07. The molecule has 0 aromatic heterocycles. The smallest absolute Gasteiger partial charge is 0.309 e. The third kappa shape index (κ3) is 1.35. The summed E-state index contributed by atoms with van der Waals surface area (Å²) in [5.74, 6) is 0.698. The second-order valence-corrected chi connectivity index (χ2v) is 4.38. The highest BCUT2D eigenvalue weighted by Gasteiger charge is 2.44. The summed E-state index contributed by atoms with van der Waals surface area (Å²) in [5.41, 5.74) is 0.118. The van der Waals surface area contributed by atoms with Crippen molar-refractivity contribution in [1.29, 1.82) is 0 Å². The van der Waals surface area contributed by atoms with Crippen molar-refractivity contribution in [1.82, 2.24) is 0 Å². The van der Waals surface area contributed by atoms with Crippen LogP contribution in [0.1, 0.15) is 33.6 Å². The number of esters is 1. The standard InChI is InChI=1S/C10H18O2/c1-7-5-6-8(9(11)12-4)10(7,2)3/h7-8H,5-6H2,1-4H3. The van der Waals surface area contributed by atoms with E-state index in [4.69, 9.17) is 4.74 Å². The first-order valence-corrected chi connectivity index (χ1v) is 4.58. The molecule has 0 saturated heterocycles. The van der Waals surface area contributed by atoms with Gasteiger partial charge in [-0.25, -0.2) is 0 Å². The van der Waals surface area contributed by atoms with Gasteiger partial charge in [-0.15, -0.1) is 0 Å². The van der Waals surface area contributed by atoms with Crippen LogP contribution in [0.2, 0.25) is 0 Å². The van der Waals surface area contributed by atoms with E-state index >= 15 is 0 Å². The summed E-state index contributed by atoms with van der Waals surface area (Å²) < 4.78 is 4.78. The van der Waals surface area contributed by atoms with Crippen LogP contribution < -0.4 is 0 Å². The van der Waals surface area contributed by atoms with Crippen molar-refractivity contribution < 1.29 is 9.53 Å². The molecule has 0 radical (unpaired) electrons. The van der Waals surface area contributed by atoms with Gasteiger partial charge in [-0.3, -0.25) is 4.79 Å². The molecule has 1 rings (SSSR count). The van der Waals surface area contributed by atoms with Gasteiger partial charge >= 0.3 is 5.97 Å². The Morgan fingerprint density at radius 3 is 2.33 bits per heavy atom. The highest BCUT2D eigenvalue weighted by atomic mass is 16.5. The van der Waals surface area contributed by atoms with Crippen LogP contribution in [0.5, 0.6) is 0 Å². The Balaban J connectivity index is 2.74. The Morgan fingerprint density at radius 1 is 1.42 bits per heavy atom. The van der Waals surface area contributed by atoms with E-state index in [0.29, 0.717) is 5.92 Å². The lowest BCUT2D eigenvalue weighted by Gasteiger charge is -2.29. The van der Waals surface area contributed by atoms with Gasteiger partial charge in [0.05, 0.1) is 13.0 Å². The highest BCUT2D eigenvalue weighted by molar-refractivity contribution is 5.73. The minimum atomic E-state index is -0.0376. The summed E-state index contributed by atoms with van der Waals surface area (Å²) in [6.45, 7) is 6.53. The largest absolute Gasteiger partial charge is 0.469 e. The van der Waals surface area contributed by atoms with Gasteiger partial charge in [0.2, 0.25) is 0 Å². The quantitative estimate of drug-likeness (QED) is 0.564. The molecule has 0 heterocycles. The first-order chi connectivity index (χ1) is 5.50. The Kier molecular flexibility index (Phi) is 2.45. The first kappa shape index (κ1) is 9.56. The van der Waals surface area contributed by atoms with Crippen LogP contribution in [0.3, 0.4) is 0 Å². The lowest BCUT2D eigenvalue weighted by atomic mass is 9.76.